The second-order valence-electron chi connectivity index (χ2n) is 11.9. The summed E-state index contributed by atoms with van der Waals surface area (Å²) in [6.07, 6.45) is 5.04. The topological polar surface area (TPSA) is 65.5 Å². The monoisotopic (exact) mass is 547 g/mol. The highest BCUT2D eigenvalue weighted by Crippen LogP contribution is 2.45. The van der Waals surface area contributed by atoms with Crippen molar-refractivity contribution >= 4 is 37.0 Å². The largest absolute Gasteiger partial charge is 0.469 e. The molecule has 1 atom stereocenters. The second-order valence-corrected chi connectivity index (χ2v) is 16.6. The molecule has 0 N–H and O–H groups in total. The number of nitrogens with zero attached hydrogens (tertiary/aromatic N) is 1. The summed E-state index contributed by atoms with van der Waals surface area (Å²) in [6, 6.07) is 14.4. The third-order valence-corrected chi connectivity index (χ3v) is 12.3. The van der Waals surface area contributed by atoms with E-state index in [0.717, 1.165) is 46.1 Å². The number of benzene rings is 2. The van der Waals surface area contributed by atoms with E-state index < -0.39 is 20.4 Å². The molecule has 1 aliphatic carbocycles. The molecule has 1 saturated carbocycles. The number of carbonyl (C=O) groups is 2. The van der Waals surface area contributed by atoms with Crippen molar-refractivity contribution in [1.82, 2.24) is 4.98 Å². The summed E-state index contributed by atoms with van der Waals surface area (Å²) in [5.74, 6) is -0.505. The molecule has 5 nitrogen and oxygen atoms in total. The van der Waals surface area contributed by atoms with Gasteiger partial charge in [-0.15, -0.1) is 0 Å². The van der Waals surface area contributed by atoms with Crippen molar-refractivity contribution in [2.45, 2.75) is 76.6 Å². The highest BCUT2D eigenvalue weighted by molar-refractivity contribution is 6.74. The zero-order chi connectivity index (χ0) is 28.4. The molecule has 4 rings (SSSR count). The van der Waals surface area contributed by atoms with Gasteiger partial charge in [0.25, 0.3) is 0 Å². The van der Waals surface area contributed by atoms with Crippen LogP contribution in [-0.2, 0) is 18.8 Å². The quantitative estimate of drug-likeness (QED) is 0.147. The summed E-state index contributed by atoms with van der Waals surface area (Å²) in [5, 5.41) is 0.880. The van der Waals surface area contributed by atoms with Crippen LogP contribution in [0.5, 0.6) is 0 Å². The normalized spacial score (nSPS) is 15.1. The summed E-state index contributed by atoms with van der Waals surface area (Å²) in [4.78, 5) is 30.4. The standard InChI is InChI=1S/C32H38FNO4Si/c1-32(2,3)39(5,6)38-25(20-29(36)37-4)19-24(35)17-18-27-30(21-13-15-23(33)16-14-21)26-9-7-8-10-28(26)34-31(27)22-11-12-22/h7-10,13-18,22,25H,11-12,19-20H2,1-6H3/b18-17+. The minimum absolute atomic E-state index is 0.0221. The van der Waals surface area contributed by atoms with E-state index >= 15 is 0 Å². The molecular weight excluding hydrogens is 509 g/mol. The first-order chi connectivity index (χ1) is 18.4. The zero-order valence-corrected chi connectivity index (χ0v) is 24.7. The Morgan fingerprint density at radius 3 is 2.36 bits per heavy atom. The van der Waals surface area contributed by atoms with Gasteiger partial charge in [0.2, 0.25) is 0 Å². The van der Waals surface area contributed by atoms with Crippen molar-refractivity contribution in [3.8, 4) is 11.1 Å². The van der Waals surface area contributed by atoms with Crippen molar-refractivity contribution < 1.29 is 23.1 Å². The van der Waals surface area contributed by atoms with Gasteiger partial charge in [-0.05, 0) is 66.9 Å². The molecular formula is C32H38FNO4Si. The first-order valence-electron chi connectivity index (χ1n) is 13.5. The molecule has 0 bridgehead atoms. The van der Waals surface area contributed by atoms with Gasteiger partial charge >= 0.3 is 5.97 Å². The Bertz CT molecular complexity index is 1390. The molecule has 0 amide bonds. The molecule has 1 aliphatic rings. The number of hydrogen-bond donors (Lipinski definition) is 0. The Morgan fingerprint density at radius 2 is 1.74 bits per heavy atom. The van der Waals surface area contributed by atoms with E-state index in [2.05, 4.69) is 33.9 Å². The molecule has 2 aromatic carbocycles. The number of allylic oxidation sites excluding steroid dienone is 1. The van der Waals surface area contributed by atoms with Gasteiger partial charge in [0.05, 0.1) is 30.8 Å². The fourth-order valence-corrected chi connectivity index (χ4v) is 5.85. The fraction of sp³-hybridized carbons (Fsp3) is 0.406. The van der Waals surface area contributed by atoms with Gasteiger partial charge in [-0.1, -0.05) is 51.1 Å². The molecule has 3 aromatic rings. The van der Waals surface area contributed by atoms with Crippen LogP contribution in [0, 0.1) is 5.82 Å². The Balaban J connectivity index is 1.71. The van der Waals surface area contributed by atoms with Crippen LogP contribution in [0.4, 0.5) is 4.39 Å². The van der Waals surface area contributed by atoms with Crippen LogP contribution in [0.1, 0.15) is 63.6 Å². The third kappa shape index (κ3) is 6.89. The van der Waals surface area contributed by atoms with Crippen LogP contribution in [0.25, 0.3) is 28.1 Å². The number of para-hydroxylation sites is 1. The van der Waals surface area contributed by atoms with Gasteiger partial charge in [0, 0.05) is 28.9 Å². The lowest BCUT2D eigenvalue weighted by Crippen LogP contribution is -2.44. The predicted molar refractivity (Wildman–Crippen MR) is 156 cm³/mol. The Labute approximate surface area is 231 Å². The van der Waals surface area contributed by atoms with Crippen molar-refractivity contribution in [2.75, 3.05) is 7.11 Å². The predicted octanol–water partition coefficient (Wildman–Crippen LogP) is 7.84. The van der Waals surface area contributed by atoms with Crippen LogP contribution < -0.4 is 0 Å². The molecule has 0 aliphatic heterocycles. The van der Waals surface area contributed by atoms with E-state index in [1.54, 1.807) is 18.2 Å². The number of aromatic nitrogens is 1. The van der Waals surface area contributed by atoms with Crippen LogP contribution in [-0.4, -0.2) is 38.3 Å². The van der Waals surface area contributed by atoms with Gasteiger partial charge in [-0.3, -0.25) is 14.6 Å². The van der Waals surface area contributed by atoms with Gasteiger partial charge in [-0.2, -0.15) is 0 Å². The van der Waals surface area contributed by atoms with Gasteiger partial charge < -0.3 is 9.16 Å². The van der Waals surface area contributed by atoms with Crippen molar-refractivity contribution in [1.29, 1.82) is 0 Å². The molecule has 1 unspecified atom stereocenters. The maximum Gasteiger partial charge on any atom is 0.308 e. The van der Waals surface area contributed by atoms with E-state index in [1.807, 2.05) is 30.3 Å². The van der Waals surface area contributed by atoms with Crippen LogP contribution >= 0.6 is 0 Å². The number of rotatable bonds is 10. The van der Waals surface area contributed by atoms with Gasteiger partial charge in [-0.25, -0.2) is 4.39 Å². The lowest BCUT2D eigenvalue weighted by Gasteiger charge is -2.39. The molecule has 0 spiro atoms. The third-order valence-electron chi connectivity index (χ3n) is 7.81. The summed E-state index contributed by atoms with van der Waals surface area (Å²) < 4.78 is 25.2. The maximum absolute atomic E-state index is 13.8. The lowest BCUT2D eigenvalue weighted by molar-refractivity contribution is -0.142. The maximum atomic E-state index is 13.8. The van der Waals surface area contributed by atoms with Crippen molar-refractivity contribution in [3.05, 3.63) is 71.7 Å². The summed E-state index contributed by atoms with van der Waals surface area (Å²) in [7, 11) is -0.886. The van der Waals surface area contributed by atoms with Crippen LogP contribution in [0.3, 0.4) is 0 Å². The van der Waals surface area contributed by atoms with Gasteiger partial charge in [0.1, 0.15) is 5.82 Å². The first kappa shape index (κ1) is 28.8. The molecule has 206 valence electrons. The highest BCUT2D eigenvalue weighted by atomic mass is 28.4. The molecule has 1 heterocycles. The molecule has 0 radical (unpaired) electrons. The molecule has 0 saturated heterocycles. The number of methoxy groups -OCH3 is 1. The van der Waals surface area contributed by atoms with E-state index in [0.29, 0.717) is 5.92 Å². The number of esters is 1. The smallest absolute Gasteiger partial charge is 0.308 e. The average molecular weight is 548 g/mol. The van der Waals surface area contributed by atoms with Gasteiger partial charge in [0.15, 0.2) is 14.1 Å². The van der Waals surface area contributed by atoms with Crippen LogP contribution in [0.2, 0.25) is 18.1 Å². The zero-order valence-electron chi connectivity index (χ0n) is 23.7. The van der Waals surface area contributed by atoms with Crippen LogP contribution in [0.15, 0.2) is 54.6 Å². The fourth-order valence-electron chi connectivity index (χ4n) is 4.50. The van der Waals surface area contributed by atoms with E-state index in [-0.39, 0.29) is 29.5 Å². The lowest BCUT2D eigenvalue weighted by atomic mass is 9.92. The first-order valence-corrected chi connectivity index (χ1v) is 16.4. The number of ether oxygens (including phenoxy) is 1. The van der Waals surface area contributed by atoms with E-state index in [1.165, 1.54) is 19.2 Å². The number of hydrogen-bond acceptors (Lipinski definition) is 5. The minimum Gasteiger partial charge on any atom is -0.469 e. The Hall–Kier alpha value is -3.16. The number of halogens is 1. The van der Waals surface area contributed by atoms with E-state index in [4.69, 9.17) is 14.1 Å². The summed E-state index contributed by atoms with van der Waals surface area (Å²) in [6.45, 7) is 10.6. The number of carbonyl (C=O) groups excluding carboxylic acids is 2. The van der Waals surface area contributed by atoms with Crippen molar-refractivity contribution in [2.24, 2.45) is 0 Å². The number of fused-ring (bicyclic) bond motifs is 1. The Kier molecular flexibility index (Phi) is 8.52. The second kappa shape index (κ2) is 11.5. The molecule has 39 heavy (non-hydrogen) atoms. The average Bonchev–Trinajstić information content (AvgIpc) is 3.71. The van der Waals surface area contributed by atoms with Crippen molar-refractivity contribution in [3.63, 3.8) is 0 Å². The van der Waals surface area contributed by atoms with E-state index in [9.17, 15) is 14.0 Å². The molecule has 1 aromatic heterocycles. The molecule has 1 fully saturated rings. The summed E-state index contributed by atoms with van der Waals surface area (Å²) in [5.41, 5.74) is 4.53. The Morgan fingerprint density at radius 1 is 1.08 bits per heavy atom. The highest BCUT2D eigenvalue weighted by Gasteiger charge is 2.40. The SMILES string of the molecule is COC(=O)CC(CC(=O)/C=C/c1c(C2CC2)nc2ccccc2c1-c1ccc(F)cc1)O[Si](C)(C)C(C)(C)C. The molecule has 7 heteroatoms. The summed E-state index contributed by atoms with van der Waals surface area (Å²) >= 11 is 0. The minimum atomic E-state index is -2.23. The number of ketones is 1. The number of pyridine rings is 1.